The number of amides is 2. The number of fused-ring (bicyclic) bond motifs is 1. The van der Waals surface area contributed by atoms with Gasteiger partial charge in [-0.05, 0) is 24.3 Å². The molecule has 0 saturated carbocycles. The number of hydrogen-bond acceptors (Lipinski definition) is 3. The fourth-order valence-electron chi connectivity index (χ4n) is 1.95. The highest BCUT2D eigenvalue weighted by Crippen LogP contribution is 2.35. The first-order chi connectivity index (χ1) is 9.18. The van der Waals surface area contributed by atoms with Gasteiger partial charge in [-0.2, -0.15) is 10.2 Å². The van der Waals surface area contributed by atoms with Crippen LogP contribution >= 0.6 is 11.6 Å². The standard InChI is InChI=1S/C13H10ClN3O2/c14-9-5-1-3-7-11(9)16-13(18)15-10-6-2-4-8-12(10)17(16)19/h1-8,19H,(H,15,18). The van der Waals surface area contributed by atoms with Gasteiger partial charge in [0.05, 0.1) is 16.4 Å². The Morgan fingerprint density at radius 1 is 1.00 bits per heavy atom. The summed E-state index contributed by atoms with van der Waals surface area (Å²) in [5.74, 6) is 0. The maximum absolute atomic E-state index is 12.1. The summed E-state index contributed by atoms with van der Waals surface area (Å²) < 4.78 is 0. The Bertz CT molecular complexity index is 647. The monoisotopic (exact) mass is 275 g/mol. The molecule has 1 heterocycles. The van der Waals surface area contributed by atoms with Gasteiger partial charge in [-0.1, -0.05) is 35.9 Å². The first kappa shape index (κ1) is 11.8. The molecule has 0 aliphatic carbocycles. The number of halogens is 1. The van der Waals surface area contributed by atoms with Gasteiger partial charge in [-0.15, -0.1) is 0 Å². The molecule has 2 aromatic rings. The summed E-state index contributed by atoms with van der Waals surface area (Å²) >= 11 is 6.06. The normalized spacial score (nSPS) is 14.1. The van der Waals surface area contributed by atoms with Gasteiger partial charge in [-0.25, -0.2) is 4.79 Å². The van der Waals surface area contributed by atoms with Crippen LogP contribution in [0, 0.1) is 0 Å². The summed E-state index contributed by atoms with van der Waals surface area (Å²) in [6.45, 7) is 0. The quantitative estimate of drug-likeness (QED) is 0.837. The molecule has 3 rings (SSSR count). The van der Waals surface area contributed by atoms with Crippen molar-refractivity contribution in [2.45, 2.75) is 0 Å². The molecular formula is C13H10ClN3O2. The summed E-state index contributed by atoms with van der Waals surface area (Å²) in [4.78, 5) is 12.1. The molecular weight excluding hydrogens is 266 g/mol. The average molecular weight is 276 g/mol. The van der Waals surface area contributed by atoms with Crippen molar-refractivity contribution in [2.75, 3.05) is 15.5 Å². The Morgan fingerprint density at radius 3 is 2.37 bits per heavy atom. The molecule has 0 fully saturated rings. The molecule has 2 N–H and O–H groups in total. The van der Waals surface area contributed by atoms with Gasteiger partial charge in [0.15, 0.2) is 0 Å². The Labute approximate surface area is 114 Å². The van der Waals surface area contributed by atoms with Crippen LogP contribution in [0.4, 0.5) is 21.9 Å². The molecule has 1 aliphatic rings. The fraction of sp³-hybridized carbons (Fsp3) is 0. The van der Waals surface area contributed by atoms with Crippen molar-refractivity contribution < 1.29 is 10.0 Å². The molecule has 96 valence electrons. The number of hydrogen-bond donors (Lipinski definition) is 2. The van der Waals surface area contributed by atoms with E-state index in [1.165, 1.54) is 0 Å². The minimum Gasteiger partial charge on any atom is -0.304 e. The zero-order chi connectivity index (χ0) is 13.4. The number of benzene rings is 2. The van der Waals surface area contributed by atoms with E-state index in [9.17, 15) is 10.0 Å². The van der Waals surface area contributed by atoms with Crippen LogP contribution in [0.25, 0.3) is 0 Å². The van der Waals surface area contributed by atoms with Crippen LogP contribution in [0.5, 0.6) is 0 Å². The van der Waals surface area contributed by atoms with Crippen LogP contribution in [0.3, 0.4) is 0 Å². The van der Waals surface area contributed by atoms with E-state index in [1.807, 2.05) is 0 Å². The van der Waals surface area contributed by atoms with Crippen LogP contribution in [-0.4, -0.2) is 11.2 Å². The molecule has 0 aromatic heterocycles. The molecule has 6 heteroatoms. The van der Waals surface area contributed by atoms with Crippen LogP contribution in [0.15, 0.2) is 48.5 Å². The molecule has 1 aliphatic heterocycles. The lowest BCUT2D eigenvalue weighted by Gasteiger charge is -2.36. The van der Waals surface area contributed by atoms with E-state index < -0.39 is 6.03 Å². The molecule has 0 saturated heterocycles. The van der Waals surface area contributed by atoms with Crippen LogP contribution < -0.4 is 15.5 Å². The number of carbonyl (C=O) groups excluding carboxylic acids is 1. The van der Waals surface area contributed by atoms with Crippen LogP contribution in [0.2, 0.25) is 5.02 Å². The average Bonchev–Trinajstić information content (AvgIpc) is 2.41. The minimum atomic E-state index is -0.477. The second-order valence-corrected chi connectivity index (χ2v) is 4.41. The molecule has 0 atom stereocenters. The summed E-state index contributed by atoms with van der Waals surface area (Å²) in [6.07, 6.45) is 0. The Morgan fingerprint density at radius 2 is 1.63 bits per heavy atom. The van der Waals surface area contributed by atoms with Gasteiger partial charge in [-0.3, -0.25) is 5.21 Å². The number of anilines is 3. The first-order valence-electron chi connectivity index (χ1n) is 5.62. The van der Waals surface area contributed by atoms with Crippen LogP contribution in [-0.2, 0) is 0 Å². The maximum atomic E-state index is 12.1. The second kappa shape index (κ2) is 4.46. The number of nitrogens with one attached hydrogen (secondary N) is 1. The van der Waals surface area contributed by atoms with Gasteiger partial charge >= 0.3 is 6.03 Å². The van der Waals surface area contributed by atoms with Gasteiger partial charge in [0.1, 0.15) is 5.69 Å². The minimum absolute atomic E-state index is 0.371. The van der Waals surface area contributed by atoms with Crippen molar-refractivity contribution in [2.24, 2.45) is 0 Å². The van der Waals surface area contributed by atoms with Crippen molar-refractivity contribution in [3.05, 3.63) is 53.6 Å². The molecule has 0 radical (unpaired) electrons. The lowest BCUT2D eigenvalue weighted by molar-refractivity contribution is 0.221. The summed E-state index contributed by atoms with van der Waals surface area (Å²) in [6, 6.07) is 13.3. The molecule has 2 aromatic carbocycles. The summed E-state index contributed by atoms with van der Waals surface area (Å²) in [5.41, 5.74) is 1.42. The van der Waals surface area contributed by atoms with E-state index in [-0.39, 0.29) is 0 Å². The van der Waals surface area contributed by atoms with Crippen molar-refractivity contribution in [3.63, 3.8) is 0 Å². The van der Waals surface area contributed by atoms with Gasteiger partial charge in [0.25, 0.3) is 0 Å². The van der Waals surface area contributed by atoms with E-state index in [0.29, 0.717) is 22.1 Å². The number of carbonyl (C=O) groups is 1. The van der Waals surface area contributed by atoms with Crippen molar-refractivity contribution >= 4 is 34.7 Å². The lowest BCUT2D eigenvalue weighted by Crippen LogP contribution is -2.51. The zero-order valence-corrected chi connectivity index (χ0v) is 10.5. The highest BCUT2D eigenvalue weighted by molar-refractivity contribution is 6.34. The molecule has 0 bridgehead atoms. The Balaban J connectivity index is 2.10. The SMILES string of the molecule is O=C1Nc2ccccc2N(O)N1c1ccccc1Cl. The predicted molar refractivity (Wildman–Crippen MR) is 73.7 cm³/mol. The second-order valence-electron chi connectivity index (χ2n) is 4.00. The van der Waals surface area contributed by atoms with E-state index in [2.05, 4.69) is 5.32 Å². The molecule has 5 nitrogen and oxygen atoms in total. The number of rotatable bonds is 1. The smallest absolute Gasteiger partial charge is 0.304 e. The van der Waals surface area contributed by atoms with Gasteiger partial charge in [0.2, 0.25) is 0 Å². The molecule has 2 amide bonds. The fourth-order valence-corrected chi connectivity index (χ4v) is 2.17. The summed E-state index contributed by atoms with van der Waals surface area (Å²) in [7, 11) is 0. The Hall–Kier alpha value is -2.24. The predicted octanol–water partition coefficient (Wildman–Crippen LogP) is 3.50. The highest BCUT2D eigenvalue weighted by Gasteiger charge is 2.31. The van der Waals surface area contributed by atoms with E-state index in [0.717, 1.165) is 10.2 Å². The third-order valence-electron chi connectivity index (χ3n) is 2.82. The Kier molecular flexibility index (Phi) is 2.77. The van der Waals surface area contributed by atoms with E-state index >= 15 is 0 Å². The van der Waals surface area contributed by atoms with Crippen molar-refractivity contribution in [3.8, 4) is 0 Å². The highest BCUT2D eigenvalue weighted by atomic mass is 35.5. The van der Waals surface area contributed by atoms with Gasteiger partial charge < -0.3 is 5.32 Å². The number of nitrogens with zero attached hydrogens (tertiary/aromatic N) is 2. The maximum Gasteiger partial charge on any atom is 0.347 e. The summed E-state index contributed by atoms with van der Waals surface area (Å²) in [5, 5.41) is 15.1. The van der Waals surface area contributed by atoms with E-state index in [4.69, 9.17) is 11.6 Å². The van der Waals surface area contributed by atoms with Crippen LogP contribution in [0.1, 0.15) is 0 Å². The van der Waals surface area contributed by atoms with E-state index in [1.54, 1.807) is 48.5 Å². The topological polar surface area (TPSA) is 55.8 Å². The largest absolute Gasteiger partial charge is 0.347 e. The molecule has 0 spiro atoms. The first-order valence-corrected chi connectivity index (χ1v) is 6.00. The molecule has 0 unspecified atom stereocenters. The number of para-hydroxylation sites is 3. The molecule has 19 heavy (non-hydrogen) atoms. The third-order valence-corrected chi connectivity index (χ3v) is 3.14. The number of hydrazine groups is 1. The third kappa shape index (κ3) is 1.89. The lowest BCUT2D eigenvalue weighted by atomic mass is 10.2. The van der Waals surface area contributed by atoms with Gasteiger partial charge in [0, 0.05) is 0 Å². The number of urea groups is 1. The van der Waals surface area contributed by atoms with Crippen molar-refractivity contribution in [1.82, 2.24) is 0 Å². The zero-order valence-electron chi connectivity index (χ0n) is 9.75. The van der Waals surface area contributed by atoms with Crippen molar-refractivity contribution in [1.29, 1.82) is 0 Å².